The third-order valence-corrected chi connectivity index (χ3v) is 6.27. The number of anilines is 1. The summed E-state index contributed by atoms with van der Waals surface area (Å²) in [5.74, 6) is 0.606. The van der Waals surface area contributed by atoms with E-state index >= 15 is 0 Å². The summed E-state index contributed by atoms with van der Waals surface area (Å²) in [5.41, 5.74) is 2.54. The number of hydrogen-bond donors (Lipinski definition) is 1. The quantitative estimate of drug-likeness (QED) is 0.836. The predicted molar refractivity (Wildman–Crippen MR) is 110 cm³/mol. The van der Waals surface area contributed by atoms with Gasteiger partial charge in [-0.1, -0.05) is 25.3 Å². The van der Waals surface area contributed by atoms with Gasteiger partial charge in [-0.3, -0.25) is 9.69 Å². The molecule has 0 aliphatic carbocycles. The molecule has 1 aliphatic heterocycles. The van der Waals surface area contributed by atoms with E-state index in [-0.39, 0.29) is 5.91 Å². The van der Waals surface area contributed by atoms with Gasteiger partial charge in [0.25, 0.3) is 0 Å². The van der Waals surface area contributed by atoms with Crippen LogP contribution < -0.4 is 5.32 Å². The summed E-state index contributed by atoms with van der Waals surface area (Å²) >= 11 is 1.68. The first kappa shape index (κ1) is 19.7. The van der Waals surface area contributed by atoms with Crippen LogP contribution in [0, 0.1) is 25.2 Å². The smallest absolute Gasteiger partial charge is 0.239 e. The second-order valence-electron chi connectivity index (χ2n) is 7.30. The maximum atomic E-state index is 12.7. The van der Waals surface area contributed by atoms with E-state index in [1.807, 2.05) is 25.3 Å². The number of aromatic nitrogens is 1. The highest BCUT2D eigenvalue weighted by Crippen LogP contribution is 2.28. The van der Waals surface area contributed by atoms with E-state index in [0.717, 1.165) is 37.2 Å². The Bertz CT molecular complexity index is 808. The number of thiophene rings is 1. The largest absolute Gasteiger partial charge is 0.325 e. The van der Waals surface area contributed by atoms with Crippen molar-refractivity contribution in [2.24, 2.45) is 0 Å². The first-order valence-corrected chi connectivity index (χ1v) is 10.6. The Morgan fingerprint density at radius 3 is 2.56 bits per heavy atom. The molecule has 3 rings (SSSR count). The minimum Gasteiger partial charge on any atom is -0.325 e. The van der Waals surface area contributed by atoms with E-state index in [2.05, 4.69) is 26.9 Å². The van der Waals surface area contributed by atoms with Gasteiger partial charge >= 0.3 is 0 Å². The average molecular weight is 385 g/mol. The number of carbonyl (C=O) groups excluding carboxylic acids is 1. The highest BCUT2D eigenvalue weighted by molar-refractivity contribution is 7.09. The van der Waals surface area contributed by atoms with Crippen molar-refractivity contribution >= 4 is 23.1 Å². The van der Waals surface area contributed by atoms with Gasteiger partial charge < -0.3 is 9.88 Å². The lowest BCUT2D eigenvalue weighted by Gasteiger charge is -2.24. The highest BCUT2D eigenvalue weighted by atomic mass is 32.1. The Morgan fingerprint density at radius 2 is 1.93 bits per heavy atom. The van der Waals surface area contributed by atoms with Crippen LogP contribution in [0.5, 0.6) is 0 Å². The monoisotopic (exact) mass is 384 g/mol. The molecule has 144 valence electrons. The SMILES string of the molecule is Cc1c(C#N)c(NC(=O)CN2CCCCCCC2)n(Cc2cccs2)c1C. The van der Waals surface area contributed by atoms with Crippen LogP contribution >= 0.6 is 11.3 Å². The summed E-state index contributed by atoms with van der Waals surface area (Å²) in [6.07, 6.45) is 6.12. The first-order valence-electron chi connectivity index (χ1n) is 9.74. The lowest BCUT2D eigenvalue weighted by molar-refractivity contribution is -0.117. The molecular weight excluding hydrogens is 356 g/mol. The van der Waals surface area contributed by atoms with Gasteiger partial charge in [-0.25, -0.2) is 0 Å². The lowest BCUT2D eigenvalue weighted by Crippen LogP contribution is -2.35. The molecule has 1 amide bonds. The number of nitrogens with one attached hydrogen (secondary N) is 1. The zero-order valence-electron chi connectivity index (χ0n) is 16.3. The topological polar surface area (TPSA) is 61.1 Å². The molecule has 1 N–H and O–H groups in total. The molecule has 0 unspecified atom stereocenters. The highest BCUT2D eigenvalue weighted by Gasteiger charge is 2.21. The van der Waals surface area contributed by atoms with E-state index < -0.39 is 0 Å². The summed E-state index contributed by atoms with van der Waals surface area (Å²) in [5, 5.41) is 14.7. The number of amides is 1. The number of carbonyl (C=O) groups is 1. The number of hydrogen-bond acceptors (Lipinski definition) is 4. The fourth-order valence-corrected chi connectivity index (χ4v) is 4.42. The molecule has 6 heteroatoms. The normalized spacial score (nSPS) is 15.7. The zero-order valence-corrected chi connectivity index (χ0v) is 17.1. The number of likely N-dealkylation sites (tertiary alicyclic amines) is 1. The molecule has 0 spiro atoms. The molecular formula is C21H28N4OS. The minimum absolute atomic E-state index is 0.0306. The Balaban J connectivity index is 1.77. The molecule has 2 aromatic heterocycles. The number of nitriles is 1. The van der Waals surface area contributed by atoms with Gasteiger partial charge in [0.2, 0.25) is 5.91 Å². The van der Waals surface area contributed by atoms with Gasteiger partial charge in [0.05, 0.1) is 18.7 Å². The second kappa shape index (κ2) is 9.20. The molecule has 1 saturated heterocycles. The van der Waals surface area contributed by atoms with E-state index in [1.165, 1.54) is 24.1 Å². The fourth-order valence-electron chi connectivity index (χ4n) is 3.73. The molecule has 1 fully saturated rings. The van der Waals surface area contributed by atoms with Crippen molar-refractivity contribution in [1.29, 1.82) is 5.26 Å². The molecule has 0 atom stereocenters. The molecule has 1 aliphatic rings. The van der Waals surface area contributed by atoms with Crippen molar-refractivity contribution in [3.63, 3.8) is 0 Å². The van der Waals surface area contributed by atoms with Gasteiger partial charge in [-0.2, -0.15) is 5.26 Å². The maximum Gasteiger partial charge on any atom is 0.239 e. The Kier molecular flexibility index (Phi) is 6.70. The van der Waals surface area contributed by atoms with Crippen molar-refractivity contribution in [1.82, 2.24) is 9.47 Å². The van der Waals surface area contributed by atoms with Crippen LogP contribution in [0.2, 0.25) is 0 Å². The van der Waals surface area contributed by atoms with E-state index in [9.17, 15) is 10.1 Å². The van der Waals surface area contributed by atoms with Crippen molar-refractivity contribution in [3.8, 4) is 6.07 Å². The number of rotatable bonds is 5. The Labute approximate surface area is 165 Å². The van der Waals surface area contributed by atoms with Gasteiger partial charge in [-0.05, 0) is 56.8 Å². The average Bonchev–Trinajstić information content (AvgIpc) is 3.20. The van der Waals surface area contributed by atoms with Crippen LogP contribution in [-0.4, -0.2) is 35.0 Å². The van der Waals surface area contributed by atoms with Crippen LogP contribution in [0.4, 0.5) is 5.82 Å². The van der Waals surface area contributed by atoms with Crippen LogP contribution in [0.25, 0.3) is 0 Å². The van der Waals surface area contributed by atoms with E-state index in [0.29, 0.717) is 24.5 Å². The molecule has 27 heavy (non-hydrogen) atoms. The molecule has 0 bridgehead atoms. The summed E-state index contributed by atoms with van der Waals surface area (Å²) in [7, 11) is 0. The molecule has 5 nitrogen and oxygen atoms in total. The second-order valence-corrected chi connectivity index (χ2v) is 8.34. The predicted octanol–water partition coefficient (Wildman–Crippen LogP) is 4.29. The summed E-state index contributed by atoms with van der Waals surface area (Å²) in [6.45, 7) is 6.99. The zero-order chi connectivity index (χ0) is 19.2. The summed E-state index contributed by atoms with van der Waals surface area (Å²) < 4.78 is 2.06. The van der Waals surface area contributed by atoms with Crippen molar-refractivity contribution in [3.05, 3.63) is 39.2 Å². The Hall–Kier alpha value is -2.10. The molecule has 3 heterocycles. The van der Waals surface area contributed by atoms with Gasteiger partial charge in [-0.15, -0.1) is 11.3 Å². The summed E-state index contributed by atoms with van der Waals surface area (Å²) in [4.78, 5) is 16.2. The molecule has 0 aromatic carbocycles. The molecule has 0 radical (unpaired) electrons. The van der Waals surface area contributed by atoms with Crippen LogP contribution in [-0.2, 0) is 11.3 Å². The lowest BCUT2D eigenvalue weighted by atomic mass is 10.1. The summed E-state index contributed by atoms with van der Waals surface area (Å²) in [6, 6.07) is 6.39. The first-order chi connectivity index (χ1) is 13.1. The minimum atomic E-state index is -0.0306. The fraction of sp³-hybridized carbons (Fsp3) is 0.524. The molecule has 2 aromatic rings. The van der Waals surface area contributed by atoms with Crippen LogP contribution in [0.15, 0.2) is 17.5 Å². The Morgan fingerprint density at radius 1 is 1.22 bits per heavy atom. The third kappa shape index (κ3) is 4.79. The van der Waals surface area contributed by atoms with Gasteiger partial charge in [0.1, 0.15) is 11.9 Å². The van der Waals surface area contributed by atoms with E-state index in [4.69, 9.17) is 0 Å². The standard InChI is InChI=1S/C21H28N4OS/c1-16-17(2)25(14-18-9-8-12-27-18)21(19(16)13-22)23-20(26)15-24-10-6-4-3-5-7-11-24/h8-9,12H,3-7,10-11,14-15H2,1-2H3,(H,23,26). The molecule has 0 saturated carbocycles. The third-order valence-electron chi connectivity index (χ3n) is 5.41. The van der Waals surface area contributed by atoms with Crippen LogP contribution in [0.3, 0.4) is 0 Å². The maximum absolute atomic E-state index is 12.7. The van der Waals surface area contributed by atoms with E-state index in [1.54, 1.807) is 11.3 Å². The van der Waals surface area contributed by atoms with Gasteiger partial charge in [0, 0.05) is 10.6 Å². The van der Waals surface area contributed by atoms with Crippen molar-refractivity contribution in [2.45, 2.75) is 52.5 Å². The number of nitrogens with zero attached hydrogens (tertiary/aromatic N) is 3. The van der Waals surface area contributed by atoms with Crippen molar-refractivity contribution < 1.29 is 4.79 Å². The van der Waals surface area contributed by atoms with Gasteiger partial charge in [0.15, 0.2) is 0 Å². The van der Waals surface area contributed by atoms with Crippen LogP contribution in [0.1, 0.15) is 53.8 Å². The van der Waals surface area contributed by atoms with Crippen molar-refractivity contribution in [2.75, 3.05) is 25.0 Å².